The van der Waals surface area contributed by atoms with Gasteiger partial charge in [0.2, 0.25) is 0 Å². The van der Waals surface area contributed by atoms with Crippen molar-refractivity contribution in [2.75, 3.05) is 25.1 Å². The molecule has 0 bridgehead atoms. The Morgan fingerprint density at radius 2 is 1.77 bits per heavy atom. The number of likely N-dealkylation sites (N-methyl/N-ethyl adjacent to an activating group) is 1. The van der Waals surface area contributed by atoms with E-state index in [9.17, 15) is 23.8 Å². The van der Waals surface area contributed by atoms with Gasteiger partial charge in [-0.15, -0.1) is 0 Å². The molecule has 0 amide bonds. The van der Waals surface area contributed by atoms with Crippen LogP contribution in [-0.4, -0.2) is 63.8 Å². The Kier molecular flexibility index (Phi) is 7.12. The van der Waals surface area contributed by atoms with Gasteiger partial charge in [-0.3, -0.25) is 4.57 Å². The third kappa shape index (κ3) is 6.31. The molecule has 9 nitrogen and oxygen atoms in total. The predicted octanol–water partition coefficient (Wildman–Crippen LogP) is 7.13. The zero-order chi connectivity index (χ0) is 31.6. The standard InChI is InChI=1S/C28H31F6N5O4S/c1-28(2)42-23-21(14-40-13-17-7-9-20(10-8-17)44(30,31,32,33)34)41-27(24(23)43-28)39-16-37-22-25(35-15-36-26(22)39)38(3)12-18-5-4-6-19(29)11-18/h6-11,15-16,21,23-24,27H,4-5,12-14H2,1-3H3/t21?,23-,24-,27-/m1/s1. The highest BCUT2D eigenvalue weighted by molar-refractivity contribution is 8.45. The van der Waals surface area contributed by atoms with Gasteiger partial charge in [-0.05, 0) is 62.1 Å². The summed E-state index contributed by atoms with van der Waals surface area (Å²) in [7, 11) is -7.91. The van der Waals surface area contributed by atoms with Crippen LogP contribution < -0.4 is 4.90 Å². The Morgan fingerprint density at radius 3 is 2.48 bits per heavy atom. The minimum atomic E-state index is -9.75. The minimum absolute atomic E-state index is 0.0177. The second kappa shape index (κ2) is 10.2. The first kappa shape index (κ1) is 30.8. The summed E-state index contributed by atoms with van der Waals surface area (Å²) < 4.78 is 105. The van der Waals surface area contributed by atoms with E-state index in [-0.39, 0.29) is 24.6 Å². The average molecular weight is 648 g/mol. The zero-order valence-corrected chi connectivity index (χ0v) is 24.8. The Balaban J connectivity index is 1.18. The molecule has 4 heterocycles. The smallest absolute Gasteiger partial charge is 0.310 e. The summed E-state index contributed by atoms with van der Waals surface area (Å²) in [6.07, 6.45) is 4.94. The van der Waals surface area contributed by atoms with Crippen LogP contribution in [0.3, 0.4) is 0 Å². The van der Waals surface area contributed by atoms with Crippen molar-refractivity contribution < 1.29 is 42.8 Å². The maximum absolute atomic E-state index is 13.8. The van der Waals surface area contributed by atoms with Gasteiger partial charge in [0.05, 0.1) is 19.5 Å². The summed E-state index contributed by atoms with van der Waals surface area (Å²) in [4.78, 5) is 13.3. The van der Waals surface area contributed by atoms with E-state index < -0.39 is 45.4 Å². The molecule has 2 aromatic heterocycles. The molecular weight excluding hydrogens is 616 g/mol. The first-order chi connectivity index (χ1) is 20.5. The molecular formula is C28H31F6N5O4S. The van der Waals surface area contributed by atoms with Crippen molar-refractivity contribution in [1.29, 1.82) is 0 Å². The molecule has 0 N–H and O–H groups in total. The van der Waals surface area contributed by atoms with Crippen molar-refractivity contribution >= 4 is 27.2 Å². The number of anilines is 1. The number of benzene rings is 1. The highest BCUT2D eigenvalue weighted by atomic mass is 32.5. The van der Waals surface area contributed by atoms with Gasteiger partial charge in [0.15, 0.2) is 29.0 Å². The monoisotopic (exact) mass is 647 g/mol. The summed E-state index contributed by atoms with van der Waals surface area (Å²) in [5.74, 6) is -0.639. The van der Waals surface area contributed by atoms with Crippen LogP contribution in [0.1, 0.15) is 38.5 Å². The quantitative estimate of drug-likeness (QED) is 0.227. The Hall–Kier alpha value is -3.18. The highest BCUT2D eigenvalue weighted by Gasteiger charge is 2.65. The molecule has 44 heavy (non-hydrogen) atoms. The first-order valence-corrected chi connectivity index (χ1v) is 15.8. The third-order valence-corrected chi connectivity index (χ3v) is 8.77. The molecule has 4 atom stereocenters. The lowest BCUT2D eigenvalue weighted by atomic mass is 10.0. The van der Waals surface area contributed by atoms with Crippen molar-refractivity contribution in [3.63, 3.8) is 0 Å². The molecule has 0 spiro atoms. The molecule has 2 aliphatic heterocycles. The van der Waals surface area contributed by atoms with Gasteiger partial charge in [0, 0.05) is 13.6 Å². The fraction of sp³-hybridized carbons (Fsp3) is 0.464. The molecule has 3 aromatic rings. The fourth-order valence-corrected chi connectivity index (χ4v) is 6.33. The van der Waals surface area contributed by atoms with E-state index in [1.165, 1.54) is 12.4 Å². The molecule has 0 radical (unpaired) electrons. The number of hydrogen-bond donors (Lipinski definition) is 0. The second-order valence-corrected chi connectivity index (χ2v) is 14.0. The molecule has 16 heteroatoms. The number of imidazole rings is 1. The Bertz CT molecular complexity index is 1630. The highest BCUT2D eigenvalue weighted by Crippen LogP contribution is 3.02. The van der Waals surface area contributed by atoms with E-state index >= 15 is 0 Å². The van der Waals surface area contributed by atoms with Gasteiger partial charge in [-0.1, -0.05) is 31.6 Å². The van der Waals surface area contributed by atoms with Gasteiger partial charge < -0.3 is 23.8 Å². The lowest BCUT2D eigenvalue weighted by Crippen LogP contribution is -2.32. The number of ether oxygens (including phenoxy) is 4. The lowest BCUT2D eigenvalue weighted by molar-refractivity contribution is -0.202. The minimum Gasteiger partial charge on any atom is -0.374 e. The van der Waals surface area contributed by atoms with Gasteiger partial charge in [0.25, 0.3) is 0 Å². The van der Waals surface area contributed by atoms with E-state index in [2.05, 4.69) is 15.0 Å². The Labute approximate surface area is 249 Å². The van der Waals surface area contributed by atoms with E-state index in [1.54, 1.807) is 30.8 Å². The number of allylic oxidation sites excluding steroid dienone is 3. The molecule has 1 aliphatic carbocycles. The number of aromatic nitrogens is 4. The van der Waals surface area contributed by atoms with Crippen LogP contribution in [0.4, 0.5) is 29.6 Å². The van der Waals surface area contributed by atoms with Crippen LogP contribution in [0.25, 0.3) is 11.2 Å². The summed E-state index contributed by atoms with van der Waals surface area (Å²) in [6.45, 7) is 3.83. The summed E-state index contributed by atoms with van der Waals surface area (Å²) in [6, 6.07) is 2.62. The van der Waals surface area contributed by atoms with E-state index in [1.807, 2.05) is 11.9 Å². The number of nitrogens with zero attached hydrogens (tertiary/aromatic N) is 5. The van der Waals surface area contributed by atoms with Crippen molar-refractivity contribution in [1.82, 2.24) is 19.5 Å². The van der Waals surface area contributed by atoms with Gasteiger partial charge >= 0.3 is 10.2 Å². The zero-order valence-electron chi connectivity index (χ0n) is 24.0. The molecule has 1 aromatic carbocycles. The number of rotatable bonds is 9. The first-order valence-electron chi connectivity index (χ1n) is 13.8. The molecule has 3 aliphatic rings. The van der Waals surface area contributed by atoms with Crippen molar-refractivity contribution in [3.8, 4) is 0 Å². The summed E-state index contributed by atoms with van der Waals surface area (Å²) in [5.41, 5.74) is 2.20. The molecule has 0 saturated carbocycles. The third-order valence-electron chi connectivity index (χ3n) is 7.61. The predicted molar refractivity (Wildman–Crippen MR) is 150 cm³/mol. The van der Waals surface area contributed by atoms with Gasteiger partial charge in [-0.25, -0.2) is 19.3 Å². The molecule has 6 rings (SSSR count). The maximum Gasteiger partial charge on any atom is 0.310 e. The van der Waals surface area contributed by atoms with Crippen LogP contribution in [0.15, 0.2) is 65.4 Å². The van der Waals surface area contributed by atoms with E-state index in [0.29, 0.717) is 42.1 Å². The van der Waals surface area contributed by atoms with Crippen LogP contribution in [0, 0.1) is 0 Å². The molecule has 2 fully saturated rings. The van der Waals surface area contributed by atoms with Crippen molar-refractivity contribution in [3.05, 3.63) is 66.0 Å². The van der Waals surface area contributed by atoms with Crippen LogP contribution >= 0.6 is 10.2 Å². The maximum atomic E-state index is 13.8. The van der Waals surface area contributed by atoms with Gasteiger partial charge in [0.1, 0.15) is 35.4 Å². The molecule has 240 valence electrons. The second-order valence-electron chi connectivity index (χ2n) is 11.6. The van der Waals surface area contributed by atoms with E-state index in [4.69, 9.17) is 18.9 Å². The fourth-order valence-electron chi connectivity index (χ4n) is 5.68. The lowest BCUT2D eigenvalue weighted by Gasteiger charge is -2.40. The number of halogens is 6. The van der Waals surface area contributed by atoms with Crippen molar-refractivity contribution in [2.45, 2.75) is 68.5 Å². The van der Waals surface area contributed by atoms with Crippen molar-refractivity contribution in [2.24, 2.45) is 0 Å². The number of fused-ring (bicyclic) bond motifs is 2. The van der Waals surface area contributed by atoms with E-state index in [0.717, 1.165) is 24.1 Å². The normalized spacial score (nSPS) is 26.6. The van der Waals surface area contributed by atoms with Crippen LogP contribution in [0.5, 0.6) is 0 Å². The number of hydrogen-bond acceptors (Lipinski definition) is 8. The topological polar surface area (TPSA) is 83.8 Å². The SMILES string of the molecule is CN(CC1=CC(F)=CCC1)c1ncnc2c1ncn2[C@@H]1OC(COCc2ccc(S(F)(F)(F)(F)F)cc2)[C@H]2OC(C)(C)O[C@H]21. The van der Waals surface area contributed by atoms with Crippen LogP contribution in [0.2, 0.25) is 0 Å². The summed E-state index contributed by atoms with van der Waals surface area (Å²) >= 11 is 0. The summed E-state index contributed by atoms with van der Waals surface area (Å²) in [5, 5.41) is 0. The average Bonchev–Trinajstić information content (AvgIpc) is 3.58. The molecule has 2 saturated heterocycles. The largest absolute Gasteiger partial charge is 0.374 e. The Morgan fingerprint density at radius 1 is 1.05 bits per heavy atom. The van der Waals surface area contributed by atoms with Gasteiger partial charge in [-0.2, -0.15) is 0 Å². The van der Waals surface area contributed by atoms with Crippen LogP contribution in [-0.2, 0) is 25.6 Å². The molecule has 1 unspecified atom stereocenters.